The van der Waals surface area contributed by atoms with Crippen LogP contribution in [-0.2, 0) is 11.3 Å². The van der Waals surface area contributed by atoms with E-state index in [1.165, 1.54) is 18.4 Å². The highest BCUT2D eigenvalue weighted by molar-refractivity contribution is 9.10. The number of benzene rings is 1. The standard InChI is InChI=1S/C14H20BrNO/c1-2-14(9-16-13-7-8-13)17-10-11-3-5-12(15)6-4-11/h3-6,13-14,16H,2,7-10H2,1H3. The first-order chi connectivity index (χ1) is 8.28. The zero-order chi connectivity index (χ0) is 12.1. The Balaban J connectivity index is 1.72. The summed E-state index contributed by atoms with van der Waals surface area (Å²) in [4.78, 5) is 0. The lowest BCUT2D eigenvalue weighted by Gasteiger charge is -2.16. The maximum absolute atomic E-state index is 5.92. The fraction of sp³-hybridized carbons (Fsp3) is 0.571. The lowest BCUT2D eigenvalue weighted by Crippen LogP contribution is -2.30. The lowest BCUT2D eigenvalue weighted by atomic mass is 10.2. The Kier molecular flexibility index (Phi) is 5.01. The van der Waals surface area contributed by atoms with Crippen molar-refractivity contribution in [1.29, 1.82) is 0 Å². The van der Waals surface area contributed by atoms with Crippen LogP contribution in [0.5, 0.6) is 0 Å². The summed E-state index contributed by atoms with van der Waals surface area (Å²) in [6.07, 6.45) is 4.07. The molecule has 0 aliphatic heterocycles. The van der Waals surface area contributed by atoms with Crippen molar-refractivity contribution in [2.24, 2.45) is 0 Å². The molecule has 1 atom stereocenters. The fourth-order valence-electron chi connectivity index (χ4n) is 1.70. The van der Waals surface area contributed by atoms with Gasteiger partial charge in [0.25, 0.3) is 0 Å². The lowest BCUT2D eigenvalue weighted by molar-refractivity contribution is 0.0382. The molecule has 2 rings (SSSR count). The molecule has 1 N–H and O–H groups in total. The first-order valence-corrected chi connectivity index (χ1v) is 7.16. The van der Waals surface area contributed by atoms with Gasteiger partial charge in [-0.05, 0) is 37.0 Å². The van der Waals surface area contributed by atoms with Gasteiger partial charge >= 0.3 is 0 Å². The number of halogens is 1. The van der Waals surface area contributed by atoms with E-state index in [-0.39, 0.29) is 0 Å². The second-order valence-electron chi connectivity index (χ2n) is 4.65. The number of hydrogen-bond donors (Lipinski definition) is 1. The minimum atomic E-state index is 0.333. The van der Waals surface area contributed by atoms with Crippen LogP contribution in [0.1, 0.15) is 31.7 Å². The molecule has 0 bridgehead atoms. The van der Waals surface area contributed by atoms with Crippen LogP contribution in [0.4, 0.5) is 0 Å². The predicted molar refractivity (Wildman–Crippen MR) is 74.0 cm³/mol. The number of rotatable bonds is 7. The first kappa shape index (κ1) is 13.1. The third-order valence-corrected chi connectivity index (χ3v) is 3.59. The maximum Gasteiger partial charge on any atom is 0.0721 e. The van der Waals surface area contributed by atoms with Crippen LogP contribution < -0.4 is 5.32 Å². The Labute approximate surface area is 112 Å². The van der Waals surface area contributed by atoms with Crippen molar-refractivity contribution in [2.75, 3.05) is 6.54 Å². The fourth-order valence-corrected chi connectivity index (χ4v) is 1.97. The van der Waals surface area contributed by atoms with Gasteiger partial charge in [-0.15, -0.1) is 0 Å². The molecule has 0 aromatic heterocycles. The molecule has 0 heterocycles. The predicted octanol–water partition coefficient (Wildman–Crippen LogP) is 3.50. The molecule has 1 saturated carbocycles. The van der Waals surface area contributed by atoms with Crippen LogP contribution in [-0.4, -0.2) is 18.7 Å². The third kappa shape index (κ3) is 4.78. The van der Waals surface area contributed by atoms with Crippen molar-refractivity contribution >= 4 is 15.9 Å². The Bertz CT molecular complexity index is 335. The molecule has 1 fully saturated rings. The van der Waals surface area contributed by atoms with E-state index in [2.05, 4.69) is 52.4 Å². The summed E-state index contributed by atoms with van der Waals surface area (Å²) in [5.41, 5.74) is 1.23. The quantitative estimate of drug-likeness (QED) is 0.832. The van der Waals surface area contributed by atoms with E-state index < -0.39 is 0 Å². The molecule has 0 radical (unpaired) electrons. The summed E-state index contributed by atoms with van der Waals surface area (Å²) < 4.78 is 7.03. The van der Waals surface area contributed by atoms with Crippen LogP contribution in [0.15, 0.2) is 28.7 Å². The minimum absolute atomic E-state index is 0.333. The van der Waals surface area contributed by atoms with E-state index in [4.69, 9.17) is 4.74 Å². The van der Waals surface area contributed by atoms with Crippen LogP contribution in [0.2, 0.25) is 0 Å². The first-order valence-electron chi connectivity index (χ1n) is 6.37. The molecule has 0 spiro atoms. The van der Waals surface area contributed by atoms with Crippen molar-refractivity contribution in [3.8, 4) is 0 Å². The Hall–Kier alpha value is -0.380. The van der Waals surface area contributed by atoms with Crippen molar-refractivity contribution in [3.63, 3.8) is 0 Å². The minimum Gasteiger partial charge on any atom is -0.372 e. The molecule has 17 heavy (non-hydrogen) atoms. The second-order valence-corrected chi connectivity index (χ2v) is 5.57. The molecular formula is C14H20BrNO. The highest BCUT2D eigenvalue weighted by atomic mass is 79.9. The number of nitrogens with one attached hydrogen (secondary N) is 1. The highest BCUT2D eigenvalue weighted by Gasteiger charge is 2.21. The van der Waals surface area contributed by atoms with Crippen LogP contribution >= 0.6 is 15.9 Å². The molecule has 3 heteroatoms. The summed E-state index contributed by atoms with van der Waals surface area (Å²) in [6, 6.07) is 9.08. The number of ether oxygens (including phenoxy) is 1. The summed E-state index contributed by atoms with van der Waals surface area (Å²) in [5, 5.41) is 3.52. The molecule has 2 nitrogen and oxygen atoms in total. The zero-order valence-corrected chi connectivity index (χ0v) is 11.9. The maximum atomic E-state index is 5.92. The van der Waals surface area contributed by atoms with Crippen molar-refractivity contribution in [2.45, 2.75) is 44.9 Å². The summed E-state index contributed by atoms with van der Waals surface area (Å²) in [6.45, 7) is 3.87. The SMILES string of the molecule is CCC(CNC1CC1)OCc1ccc(Br)cc1. The smallest absolute Gasteiger partial charge is 0.0721 e. The largest absolute Gasteiger partial charge is 0.372 e. The van der Waals surface area contributed by atoms with Crippen LogP contribution in [0.25, 0.3) is 0 Å². The van der Waals surface area contributed by atoms with E-state index in [1.54, 1.807) is 0 Å². The Morgan fingerprint density at radius 3 is 2.65 bits per heavy atom. The average molecular weight is 298 g/mol. The summed E-state index contributed by atoms with van der Waals surface area (Å²) in [5.74, 6) is 0. The van der Waals surface area contributed by atoms with Gasteiger partial charge in [0.2, 0.25) is 0 Å². The van der Waals surface area contributed by atoms with Crippen LogP contribution in [0, 0.1) is 0 Å². The van der Waals surface area contributed by atoms with E-state index >= 15 is 0 Å². The average Bonchev–Trinajstić information content (AvgIpc) is 3.15. The Morgan fingerprint density at radius 2 is 2.06 bits per heavy atom. The molecule has 94 valence electrons. The van der Waals surface area contributed by atoms with Gasteiger partial charge in [0.1, 0.15) is 0 Å². The molecule has 1 aliphatic rings. The summed E-state index contributed by atoms with van der Waals surface area (Å²) >= 11 is 3.44. The van der Waals surface area contributed by atoms with Crippen molar-refractivity contribution < 1.29 is 4.74 Å². The second kappa shape index (κ2) is 6.53. The van der Waals surface area contributed by atoms with E-state index in [0.717, 1.165) is 23.5 Å². The van der Waals surface area contributed by atoms with Gasteiger partial charge in [-0.2, -0.15) is 0 Å². The third-order valence-electron chi connectivity index (χ3n) is 3.07. The summed E-state index contributed by atoms with van der Waals surface area (Å²) in [7, 11) is 0. The molecular weight excluding hydrogens is 278 g/mol. The van der Waals surface area contributed by atoms with Gasteiger partial charge in [0.05, 0.1) is 12.7 Å². The zero-order valence-electron chi connectivity index (χ0n) is 10.3. The molecule has 1 aliphatic carbocycles. The molecule has 1 aromatic rings. The Morgan fingerprint density at radius 1 is 1.35 bits per heavy atom. The normalized spacial score (nSPS) is 17.1. The van der Waals surface area contributed by atoms with Gasteiger partial charge in [-0.25, -0.2) is 0 Å². The van der Waals surface area contributed by atoms with E-state index in [1.807, 2.05) is 0 Å². The number of hydrogen-bond acceptors (Lipinski definition) is 2. The molecule has 0 saturated heterocycles. The van der Waals surface area contributed by atoms with Gasteiger partial charge in [0.15, 0.2) is 0 Å². The van der Waals surface area contributed by atoms with Gasteiger partial charge in [0, 0.05) is 17.1 Å². The van der Waals surface area contributed by atoms with Gasteiger partial charge in [-0.3, -0.25) is 0 Å². The van der Waals surface area contributed by atoms with Crippen molar-refractivity contribution in [3.05, 3.63) is 34.3 Å². The van der Waals surface area contributed by atoms with E-state index in [0.29, 0.717) is 12.7 Å². The molecule has 1 aromatic carbocycles. The topological polar surface area (TPSA) is 21.3 Å². The highest BCUT2D eigenvalue weighted by Crippen LogP contribution is 2.19. The van der Waals surface area contributed by atoms with Crippen molar-refractivity contribution in [1.82, 2.24) is 5.32 Å². The monoisotopic (exact) mass is 297 g/mol. The molecule has 0 amide bonds. The molecule has 1 unspecified atom stereocenters. The van der Waals surface area contributed by atoms with Crippen LogP contribution in [0.3, 0.4) is 0 Å². The van der Waals surface area contributed by atoms with Gasteiger partial charge in [-0.1, -0.05) is 35.0 Å². The van der Waals surface area contributed by atoms with E-state index in [9.17, 15) is 0 Å². The van der Waals surface area contributed by atoms with Gasteiger partial charge < -0.3 is 10.1 Å².